The molecular weight excluding hydrogens is 342 g/mol. The van der Waals surface area contributed by atoms with Crippen LogP contribution < -0.4 is 5.32 Å². The van der Waals surface area contributed by atoms with Gasteiger partial charge in [-0.2, -0.15) is 0 Å². The molecule has 0 radical (unpaired) electrons. The number of hydrogen-bond donors (Lipinski definition) is 1. The molecule has 5 nitrogen and oxygen atoms in total. The van der Waals surface area contributed by atoms with Gasteiger partial charge in [-0.25, -0.2) is 0 Å². The predicted octanol–water partition coefficient (Wildman–Crippen LogP) is 2.28. The first-order valence-electron chi connectivity index (χ1n) is 8.01. The summed E-state index contributed by atoms with van der Waals surface area (Å²) in [7, 11) is 5.99. The second-order valence-corrected chi connectivity index (χ2v) is 6.87. The highest BCUT2D eigenvalue weighted by Crippen LogP contribution is 2.25. The van der Waals surface area contributed by atoms with Gasteiger partial charge in [-0.3, -0.25) is 9.89 Å². The van der Waals surface area contributed by atoms with Crippen molar-refractivity contribution >= 4 is 21.9 Å². The van der Waals surface area contributed by atoms with E-state index in [4.69, 9.17) is 0 Å². The molecule has 1 saturated carbocycles. The zero-order valence-corrected chi connectivity index (χ0v) is 15.7. The van der Waals surface area contributed by atoms with E-state index in [-0.39, 0.29) is 0 Å². The fraction of sp³-hybridized carbons (Fsp3) is 0.688. The van der Waals surface area contributed by atoms with Crippen molar-refractivity contribution in [2.45, 2.75) is 32.4 Å². The van der Waals surface area contributed by atoms with Crippen LogP contribution in [-0.2, 0) is 13.6 Å². The van der Waals surface area contributed by atoms with Crippen LogP contribution in [0.15, 0.2) is 21.7 Å². The van der Waals surface area contributed by atoms with Crippen molar-refractivity contribution in [1.29, 1.82) is 0 Å². The number of halogens is 1. The Bertz CT molecular complexity index is 507. The molecule has 0 amide bonds. The van der Waals surface area contributed by atoms with Gasteiger partial charge in [0.25, 0.3) is 0 Å². The quantitative estimate of drug-likeness (QED) is 0.591. The van der Waals surface area contributed by atoms with Crippen LogP contribution in [0.5, 0.6) is 0 Å². The third-order valence-electron chi connectivity index (χ3n) is 4.20. The number of nitrogens with zero attached hydrogens (tertiary/aromatic N) is 4. The van der Waals surface area contributed by atoms with Gasteiger partial charge in [0.2, 0.25) is 0 Å². The molecule has 1 aliphatic carbocycles. The Kier molecular flexibility index (Phi) is 6.32. The molecule has 1 aromatic heterocycles. The standard InChI is InChI=1S/C16H28BrN5/c1-5-22(14-6-7-14)9-8-19-16(18-2)21(4)12-15-10-13(17)11-20(15)3/h10-11,14H,5-9,12H2,1-4H3,(H,18,19). The molecule has 22 heavy (non-hydrogen) atoms. The average molecular weight is 370 g/mol. The number of aryl methyl sites for hydroxylation is 1. The van der Waals surface area contributed by atoms with Gasteiger partial charge in [-0.15, -0.1) is 0 Å². The smallest absolute Gasteiger partial charge is 0.193 e. The molecule has 124 valence electrons. The Hall–Kier alpha value is -1.01. The van der Waals surface area contributed by atoms with E-state index in [0.717, 1.165) is 42.7 Å². The first-order valence-corrected chi connectivity index (χ1v) is 8.81. The molecule has 2 rings (SSSR count). The van der Waals surface area contributed by atoms with Gasteiger partial charge in [0.05, 0.1) is 6.54 Å². The lowest BCUT2D eigenvalue weighted by Crippen LogP contribution is -2.42. The van der Waals surface area contributed by atoms with Crippen molar-refractivity contribution < 1.29 is 0 Å². The van der Waals surface area contributed by atoms with Crippen LogP contribution in [0.4, 0.5) is 0 Å². The molecule has 0 aliphatic heterocycles. The number of rotatable bonds is 7. The zero-order valence-electron chi connectivity index (χ0n) is 14.1. The summed E-state index contributed by atoms with van der Waals surface area (Å²) in [5.41, 5.74) is 1.26. The maximum absolute atomic E-state index is 4.40. The third kappa shape index (κ3) is 4.74. The van der Waals surface area contributed by atoms with Gasteiger partial charge >= 0.3 is 0 Å². The zero-order chi connectivity index (χ0) is 16.1. The number of aromatic nitrogens is 1. The van der Waals surface area contributed by atoms with Crippen molar-refractivity contribution in [2.75, 3.05) is 33.7 Å². The molecule has 6 heteroatoms. The van der Waals surface area contributed by atoms with Crippen molar-refractivity contribution in [2.24, 2.45) is 12.0 Å². The fourth-order valence-electron chi connectivity index (χ4n) is 2.78. The molecule has 1 aliphatic rings. The minimum absolute atomic E-state index is 0.826. The first kappa shape index (κ1) is 17.3. The summed E-state index contributed by atoms with van der Waals surface area (Å²) in [6.45, 7) is 6.24. The first-order chi connectivity index (χ1) is 10.5. The van der Waals surface area contributed by atoms with E-state index in [1.807, 2.05) is 7.05 Å². The van der Waals surface area contributed by atoms with Crippen LogP contribution >= 0.6 is 15.9 Å². The van der Waals surface area contributed by atoms with Crippen LogP contribution in [0.3, 0.4) is 0 Å². The van der Waals surface area contributed by atoms with E-state index < -0.39 is 0 Å². The largest absolute Gasteiger partial charge is 0.355 e. The van der Waals surface area contributed by atoms with E-state index in [1.54, 1.807) is 0 Å². The SMILES string of the molecule is CCN(CCNC(=NC)N(C)Cc1cc(Br)cn1C)C1CC1. The molecule has 1 aromatic rings. The summed E-state index contributed by atoms with van der Waals surface area (Å²) < 4.78 is 3.25. The lowest BCUT2D eigenvalue weighted by atomic mass is 10.4. The van der Waals surface area contributed by atoms with Crippen molar-refractivity contribution in [3.8, 4) is 0 Å². The van der Waals surface area contributed by atoms with Crippen LogP contribution in [0.2, 0.25) is 0 Å². The Morgan fingerprint density at radius 2 is 2.23 bits per heavy atom. The predicted molar refractivity (Wildman–Crippen MR) is 96.2 cm³/mol. The number of guanidine groups is 1. The number of nitrogens with one attached hydrogen (secondary N) is 1. The molecule has 0 bridgehead atoms. The summed E-state index contributed by atoms with van der Waals surface area (Å²) >= 11 is 3.52. The topological polar surface area (TPSA) is 35.8 Å². The Morgan fingerprint density at radius 3 is 2.73 bits per heavy atom. The second kappa shape index (κ2) is 8.02. The summed E-state index contributed by atoms with van der Waals surface area (Å²) in [6, 6.07) is 2.97. The van der Waals surface area contributed by atoms with Crippen LogP contribution in [0, 0.1) is 0 Å². The monoisotopic (exact) mass is 369 g/mol. The van der Waals surface area contributed by atoms with E-state index >= 15 is 0 Å². The van der Waals surface area contributed by atoms with Gasteiger partial charge in [0.15, 0.2) is 5.96 Å². The maximum atomic E-state index is 4.40. The van der Waals surface area contributed by atoms with Crippen LogP contribution in [0.25, 0.3) is 0 Å². The summed E-state index contributed by atoms with van der Waals surface area (Å²) in [4.78, 5) is 9.11. The molecule has 0 atom stereocenters. The maximum Gasteiger partial charge on any atom is 0.193 e. The van der Waals surface area contributed by atoms with Gasteiger partial charge in [-0.1, -0.05) is 6.92 Å². The normalized spacial score (nSPS) is 15.5. The minimum atomic E-state index is 0.826. The Balaban J connectivity index is 1.81. The van der Waals surface area contributed by atoms with Gasteiger partial charge in [-0.05, 0) is 41.4 Å². The van der Waals surface area contributed by atoms with Gasteiger partial charge < -0.3 is 14.8 Å². The molecular formula is C16H28BrN5. The Labute approximate surface area is 142 Å². The van der Waals surface area contributed by atoms with Gasteiger partial charge in [0, 0.05) is 56.6 Å². The van der Waals surface area contributed by atoms with Gasteiger partial charge in [0.1, 0.15) is 0 Å². The molecule has 1 heterocycles. The van der Waals surface area contributed by atoms with Crippen molar-refractivity contribution in [3.63, 3.8) is 0 Å². The molecule has 1 N–H and O–H groups in total. The second-order valence-electron chi connectivity index (χ2n) is 5.95. The highest BCUT2D eigenvalue weighted by atomic mass is 79.9. The summed E-state index contributed by atoms with van der Waals surface area (Å²) in [5, 5.41) is 3.48. The molecule has 0 aromatic carbocycles. The molecule has 0 spiro atoms. The van der Waals surface area contributed by atoms with E-state index in [1.165, 1.54) is 18.5 Å². The highest BCUT2D eigenvalue weighted by molar-refractivity contribution is 9.10. The molecule has 0 saturated heterocycles. The fourth-order valence-corrected chi connectivity index (χ4v) is 3.35. The van der Waals surface area contributed by atoms with E-state index in [0.29, 0.717) is 0 Å². The van der Waals surface area contributed by atoms with E-state index in [9.17, 15) is 0 Å². The average Bonchev–Trinajstić information content (AvgIpc) is 3.26. The highest BCUT2D eigenvalue weighted by Gasteiger charge is 2.27. The number of hydrogen-bond acceptors (Lipinski definition) is 2. The lowest BCUT2D eigenvalue weighted by molar-refractivity contribution is 0.280. The number of likely N-dealkylation sites (N-methyl/N-ethyl adjacent to an activating group) is 1. The van der Waals surface area contributed by atoms with Crippen LogP contribution in [-0.4, -0.2) is 60.1 Å². The molecule has 1 fully saturated rings. The minimum Gasteiger partial charge on any atom is -0.355 e. The third-order valence-corrected chi connectivity index (χ3v) is 4.63. The molecule has 0 unspecified atom stereocenters. The van der Waals surface area contributed by atoms with Crippen molar-refractivity contribution in [3.05, 3.63) is 22.4 Å². The van der Waals surface area contributed by atoms with Crippen molar-refractivity contribution in [1.82, 2.24) is 19.7 Å². The number of aliphatic imine (C=N–C) groups is 1. The Morgan fingerprint density at radius 1 is 1.50 bits per heavy atom. The summed E-state index contributed by atoms with van der Waals surface area (Å²) in [6.07, 6.45) is 4.81. The lowest BCUT2D eigenvalue weighted by Gasteiger charge is -2.24. The van der Waals surface area contributed by atoms with E-state index in [2.05, 4.69) is 73.9 Å². The van der Waals surface area contributed by atoms with Crippen LogP contribution in [0.1, 0.15) is 25.5 Å². The summed E-state index contributed by atoms with van der Waals surface area (Å²) in [5.74, 6) is 0.948.